The van der Waals surface area contributed by atoms with E-state index in [1.807, 2.05) is 26.3 Å². The van der Waals surface area contributed by atoms with Crippen LogP contribution in [0.15, 0.2) is 36.7 Å². The molecule has 0 radical (unpaired) electrons. The Hall–Kier alpha value is -1.11. The van der Waals surface area contributed by atoms with Gasteiger partial charge in [-0.05, 0) is 23.1 Å². The number of aromatic nitrogens is 2. The lowest BCUT2D eigenvalue weighted by atomic mass is 9.72. The first-order chi connectivity index (χ1) is 9.52. The second kappa shape index (κ2) is 5.02. The molecule has 102 valence electrons. The Morgan fingerprint density at radius 2 is 2.15 bits per heavy atom. The Balaban J connectivity index is 2.03. The van der Waals surface area contributed by atoms with Crippen molar-refractivity contribution in [2.75, 3.05) is 9.66 Å². The molecule has 2 aromatic rings. The van der Waals surface area contributed by atoms with Crippen LogP contribution in [0.3, 0.4) is 0 Å². The Kier molecular flexibility index (Phi) is 3.48. The number of pyridine rings is 2. The molecule has 20 heavy (non-hydrogen) atoms. The zero-order valence-corrected chi connectivity index (χ0v) is 14.1. The van der Waals surface area contributed by atoms with Gasteiger partial charge in [0.1, 0.15) is 5.82 Å². The molecule has 0 amide bonds. The third-order valence-electron chi connectivity index (χ3n) is 4.49. The molecule has 5 heteroatoms. The molecule has 2 aromatic heterocycles. The molecule has 0 bridgehead atoms. The van der Waals surface area contributed by atoms with Gasteiger partial charge in [0.15, 0.2) is 7.85 Å². The summed E-state index contributed by atoms with van der Waals surface area (Å²) in [5, 5.41) is 0. The van der Waals surface area contributed by atoms with Crippen LogP contribution in [-0.4, -0.2) is 24.4 Å². The highest BCUT2D eigenvalue weighted by Crippen LogP contribution is 2.48. The van der Waals surface area contributed by atoms with Gasteiger partial charge in [-0.25, -0.2) is 4.98 Å². The fourth-order valence-electron chi connectivity index (χ4n) is 2.96. The lowest BCUT2D eigenvalue weighted by Gasteiger charge is -2.32. The molecule has 0 aliphatic carbocycles. The van der Waals surface area contributed by atoms with Crippen molar-refractivity contribution in [1.82, 2.24) is 9.97 Å². The molecule has 3 nitrogen and oxygen atoms in total. The minimum atomic E-state index is 0.0712. The second-order valence-corrected chi connectivity index (χ2v) is 6.93. The predicted molar refractivity (Wildman–Crippen MR) is 93.8 cm³/mol. The molecule has 0 N–H and O–H groups in total. The van der Waals surface area contributed by atoms with E-state index in [1.165, 1.54) is 11.1 Å². The lowest BCUT2D eigenvalue weighted by Crippen LogP contribution is -2.32. The molecule has 3 heterocycles. The Bertz CT molecular complexity index is 631. The summed E-state index contributed by atoms with van der Waals surface area (Å²) in [6, 6.07) is 8.53. The van der Waals surface area contributed by atoms with E-state index in [0.717, 1.165) is 18.0 Å². The Labute approximate surface area is 134 Å². The van der Waals surface area contributed by atoms with Crippen molar-refractivity contribution in [3.05, 3.63) is 47.8 Å². The maximum Gasteiger partial charge on any atom is 0.163 e. The molecule has 0 fully saturated rings. The van der Waals surface area contributed by atoms with Crippen molar-refractivity contribution in [2.24, 2.45) is 0 Å². The van der Waals surface area contributed by atoms with E-state index in [-0.39, 0.29) is 5.41 Å². The van der Waals surface area contributed by atoms with Crippen LogP contribution in [0.25, 0.3) is 0 Å². The van der Waals surface area contributed by atoms with Crippen LogP contribution in [0.5, 0.6) is 0 Å². The number of rotatable bonds is 2. The molecule has 0 saturated carbocycles. The van der Waals surface area contributed by atoms with Crippen molar-refractivity contribution in [3.8, 4) is 0 Å². The van der Waals surface area contributed by atoms with Gasteiger partial charge in [-0.1, -0.05) is 32.0 Å². The van der Waals surface area contributed by atoms with Crippen LogP contribution in [-0.2, 0) is 5.41 Å². The van der Waals surface area contributed by atoms with Crippen LogP contribution >= 0.6 is 22.9 Å². The zero-order chi connectivity index (χ0) is 14.3. The smallest absolute Gasteiger partial charge is 0.163 e. The highest BCUT2D eigenvalue weighted by Gasteiger charge is 2.43. The number of anilines is 1. The summed E-state index contributed by atoms with van der Waals surface area (Å²) in [5.41, 5.74) is 3.76. The van der Waals surface area contributed by atoms with Gasteiger partial charge in [0, 0.05) is 29.9 Å². The molecule has 0 saturated heterocycles. The first-order valence-electron chi connectivity index (χ1n) is 6.84. The molecule has 3 rings (SSSR count). The number of hydrogen-bond donors (Lipinski definition) is 0. The van der Waals surface area contributed by atoms with Crippen LogP contribution < -0.4 is 8.71 Å². The van der Waals surface area contributed by atoms with Crippen molar-refractivity contribution in [2.45, 2.75) is 25.2 Å². The first kappa shape index (κ1) is 13.9. The Morgan fingerprint density at radius 1 is 1.35 bits per heavy atom. The maximum atomic E-state index is 4.53. The summed E-state index contributed by atoms with van der Waals surface area (Å²) in [7, 11) is 2.03. The summed E-state index contributed by atoms with van der Waals surface area (Å²) in [4.78, 5) is 8.98. The summed E-state index contributed by atoms with van der Waals surface area (Å²) >= 11 is 2.36. The van der Waals surface area contributed by atoms with Gasteiger partial charge in [0.25, 0.3) is 0 Å². The van der Waals surface area contributed by atoms with E-state index in [1.54, 1.807) is 0 Å². The average Bonchev–Trinajstić information content (AvgIpc) is 2.72. The van der Waals surface area contributed by atoms with Crippen molar-refractivity contribution in [3.63, 3.8) is 0 Å². The van der Waals surface area contributed by atoms with Crippen molar-refractivity contribution < 1.29 is 0 Å². The second-order valence-electron chi connectivity index (χ2n) is 5.77. The van der Waals surface area contributed by atoms with Crippen molar-refractivity contribution >= 4 is 42.1 Å². The van der Waals surface area contributed by atoms with Crippen LogP contribution in [0.2, 0.25) is 0 Å². The third kappa shape index (κ3) is 2.12. The van der Waals surface area contributed by atoms with Gasteiger partial charge >= 0.3 is 0 Å². The molecular formula is C15H17BIN3. The normalized spacial score (nSPS) is 22.6. The predicted octanol–water partition coefficient (Wildman–Crippen LogP) is 1.97. The van der Waals surface area contributed by atoms with E-state index < -0.39 is 0 Å². The van der Waals surface area contributed by atoms with Crippen molar-refractivity contribution in [1.29, 1.82) is 0 Å². The highest BCUT2D eigenvalue weighted by molar-refractivity contribution is 14.1. The number of fused-ring (bicyclic) bond motifs is 1. The molecule has 1 aliphatic heterocycles. The van der Waals surface area contributed by atoms with E-state index in [2.05, 4.69) is 68.0 Å². The minimum absolute atomic E-state index is 0.0712. The number of halogens is 1. The van der Waals surface area contributed by atoms with E-state index in [0.29, 0.717) is 5.92 Å². The van der Waals surface area contributed by atoms with E-state index >= 15 is 0 Å². The summed E-state index contributed by atoms with van der Waals surface area (Å²) in [6.07, 6.45) is 3.88. The van der Waals surface area contributed by atoms with E-state index in [4.69, 9.17) is 0 Å². The third-order valence-corrected chi connectivity index (χ3v) is 5.29. The van der Waals surface area contributed by atoms with E-state index in [9.17, 15) is 0 Å². The van der Waals surface area contributed by atoms with Gasteiger partial charge in [-0.3, -0.25) is 8.10 Å². The summed E-state index contributed by atoms with van der Waals surface area (Å²) in [5.74, 6) is 1.50. The lowest BCUT2D eigenvalue weighted by molar-refractivity contribution is 0.430. The fraction of sp³-hybridized carbons (Fsp3) is 0.333. The SMILES string of the molecule is Bc1ccc(C(C)[C@@]2(C)CN(I)c3ncccc32)cn1. The monoisotopic (exact) mass is 377 g/mol. The van der Waals surface area contributed by atoms with Crippen LogP contribution in [0, 0.1) is 0 Å². The summed E-state index contributed by atoms with van der Waals surface area (Å²) < 4.78 is 2.23. The maximum absolute atomic E-state index is 4.53. The molecule has 1 unspecified atom stereocenters. The fourth-order valence-corrected chi connectivity index (χ4v) is 4.05. The van der Waals surface area contributed by atoms with Gasteiger partial charge in [0.05, 0.1) is 22.9 Å². The van der Waals surface area contributed by atoms with Crippen LogP contribution in [0.1, 0.15) is 30.9 Å². The molecule has 0 spiro atoms. The molecular weight excluding hydrogens is 360 g/mol. The topological polar surface area (TPSA) is 29.0 Å². The zero-order valence-electron chi connectivity index (χ0n) is 12.0. The van der Waals surface area contributed by atoms with Gasteiger partial charge in [-0.2, -0.15) is 0 Å². The highest BCUT2D eigenvalue weighted by atomic mass is 127. The minimum Gasteiger partial charge on any atom is -0.298 e. The largest absolute Gasteiger partial charge is 0.298 e. The van der Waals surface area contributed by atoms with Gasteiger partial charge in [-0.15, -0.1) is 0 Å². The quantitative estimate of drug-likeness (QED) is 0.456. The summed E-state index contributed by atoms with van der Waals surface area (Å²) in [6.45, 7) is 5.60. The molecule has 2 atom stereocenters. The number of nitrogens with zero attached hydrogens (tertiary/aromatic N) is 3. The molecule has 1 aliphatic rings. The number of hydrogen-bond acceptors (Lipinski definition) is 3. The molecule has 0 aromatic carbocycles. The van der Waals surface area contributed by atoms with Gasteiger partial charge in [0.2, 0.25) is 0 Å². The average molecular weight is 377 g/mol. The first-order valence-corrected chi connectivity index (χ1v) is 7.80. The van der Waals surface area contributed by atoms with Crippen LogP contribution in [0.4, 0.5) is 5.82 Å². The Morgan fingerprint density at radius 3 is 2.85 bits per heavy atom. The van der Waals surface area contributed by atoms with Gasteiger partial charge < -0.3 is 0 Å². The standard InChI is InChI=1S/C15H17BIN3/c1-10(11-5-6-13(16)19-8-11)15(2)9-20(17)14-12(15)4-3-7-18-14/h3-8,10H,9,16H2,1-2H3/t10?,15-/m1/s1.